The molecule has 0 radical (unpaired) electrons. The number of benzene rings is 1. The maximum atomic E-state index is 12.0. The van der Waals surface area contributed by atoms with E-state index in [0.29, 0.717) is 13.1 Å². The van der Waals surface area contributed by atoms with Crippen LogP contribution >= 0.6 is 15.9 Å². The highest BCUT2D eigenvalue weighted by Gasteiger charge is 2.49. The van der Waals surface area contributed by atoms with E-state index in [1.807, 2.05) is 12.1 Å². The minimum absolute atomic E-state index is 0.0840. The van der Waals surface area contributed by atoms with Gasteiger partial charge in [-0.3, -0.25) is 4.90 Å². The van der Waals surface area contributed by atoms with Gasteiger partial charge >= 0.3 is 0 Å². The van der Waals surface area contributed by atoms with E-state index in [1.54, 1.807) is 4.31 Å². The highest BCUT2D eigenvalue weighted by Crippen LogP contribution is 2.42. The van der Waals surface area contributed by atoms with Crippen molar-refractivity contribution in [3.05, 3.63) is 34.3 Å². The van der Waals surface area contributed by atoms with Crippen LogP contribution in [0.25, 0.3) is 0 Å². The fourth-order valence-corrected chi connectivity index (χ4v) is 5.04. The molecular weight excluding hydrogens is 380 g/mol. The maximum Gasteiger partial charge on any atom is 0.211 e. The summed E-state index contributed by atoms with van der Waals surface area (Å²) in [5.74, 6) is 0.176. The quantitative estimate of drug-likeness (QED) is 0.834. The monoisotopic (exact) mass is 402 g/mol. The normalized spacial score (nSPS) is 30.1. The van der Waals surface area contributed by atoms with E-state index in [0.717, 1.165) is 23.9 Å². The molecule has 0 aliphatic carbocycles. The van der Waals surface area contributed by atoms with Crippen molar-refractivity contribution >= 4 is 26.0 Å². The Morgan fingerprint density at radius 3 is 2.48 bits per heavy atom. The molecule has 2 aliphatic heterocycles. The summed E-state index contributed by atoms with van der Waals surface area (Å²) in [6.07, 6.45) is 3.12. The van der Waals surface area contributed by atoms with Crippen LogP contribution in [0.1, 0.15) is 24.3 Å². The zero-order valence-electron chi connectivity index (χ0n) is 13.2. The topological polar surface area (TPSA) is 60.9 Å². The lowest BCUT2D eigenvalue weighted by Crippen LogP contribution is -2.67. The second-order valence-corrected chi connectivity index (χ2v) is 9.36. The number of rotatable bonds is 3. The number of halogens is 1. The van der Waals surface area contributed by atoms with Crippen molar-refractivity contribution < 1.29 is 13.5 Å². The van der Waals surface area contributed by atoms with Gasteiger partial charge in [0.1, 0.15) is 0 Å². The standard InChI is InChI=1S/C16H23BrN2O3S/c1-23(21,22)18-8-2-3-9-19-14(10-18)16(15(19)11-20)12-4-6-13(17)7-5-12/h4-7,14-16,20H,2-3,8-11H2,1H3/t14-,15-,16+/m0/s1. The number of aliphatic hydroxyl groups is 1. The first-order valence-electron chi connectivity index (χ1n) is 7.99. The van der Waals surface area contributed by atoms with Gasteiger partial charge in [-0.05, 0) is 37.1 Å². The first-order chi connectivity index (χ1) is 10.9. The molecule has 5 nitrogen and oxygen atoms in total. The van der Waals surface area contributed by atoms with Crippen LogP contribution in [-0.2, 0) is 10.0 Å². The zero-order chi connectivity index (χ0) is 16.6. The Hall–Kier alpha value is -0.470. The molecule has 3 atom stereocenters. The summed E-state index contributed by atoms with van der Waals surface area (Å²) in [5, 5.41) is 9.82. The van der Waals surface area contributed by atoms with E-state index in [2.05, 4.69) is 33.0 Å². The predicted molar refractivity (Wildman–Crippen MR) is 93.9 cm³/mol. The van der Waals surface area contributed by atoms with E-state index >= 15 is 0 Å². The average Bonchev–Trinajstić information content (AvgIpc) is 2.46. The van der Waals surface area contributed by atoms with Crippen LogP contribution in [0.4, 0.5) is 0 Å². The fraction of sp³-hybridized carbons (Fsp3) is 0.625. The van der Waals surface area contributed by atoms with Gasteiger partial charge in [0.2, 0.25) is 10.0 Å². The van der Waals surface area contributed by atoms with Gasteiger partial charge in [0, 0.05) is 35.6 Å². The molecule has 128 valence electrons. The van der Waals surface area contributed by atoms with E-state index in [1.165, 1.54) is 11.8 Å². The van der Waals surface area contributed by atoms with E-state index in [9.17, 15) is 13.5 Å². The van der Waals surface area contributed by atoms with Crippen molar-refractivity contribution in [1.82, 2.24) is 9.21 Å². The number of aliphatic hydroxyl groups excluding tert-OH is 1. The third kappa shape index (κ3) is 3.49. The van der Waals surface area contributed by atoms with Gasteiger partial charge in [0.05, 0.1) is 12.9 Å². The van der Waals surface area contributed by atoms with Crippen LogP contribution in [0, 0.1) is 0 Å². The average molecular weight is 403 g/mol. The van der Waals surface area contributed by atoms with Gasteiger partial charge in [-0.25, -0.2) is 12.7 Å². The fourth-order valence-electron chi connectivity index (χ4n) is 3.89. The largest absolute Gasteiger partial charge is 0.395 e. The molecule has 7 heteroatoms. The van der Waals surface area contributed by atoms with E-state index in [-0.39, 0.29) is 24.6 Å². The Balaban J connectivity index is 1.88. The summed E-state index contributed by atoms with van der Waals surface area (Å²) < 4.78 is 26.7. The number of sulfonamides is 1. The second-order valence-electron chi connectivity index (χ2n) is 6.46. The summed E-state index contributed by atoms with van der Waals surface area (Å²) in [6.45, 7) is 2.15. The molecule has 3 rings (SSSR count). The molecule has 0 unspecified atom stereocenters. The smallest absolute Gasteiger partial charge is 0.211 e. The summed E-state index contributed by atoms with van der Waals surface area (Å²) >= 11 is 3.45. The molecule has 2 fully saturated rings. The number of hydrogen-bond acceptors (Lipinski definition) is 4. The molecule has 0 amide bonds. The van der Waals surface area contributed by atoms with Crippen molar-refractivity contribution in [2.24, 2.45) is 0 Å². The number of hydrogen-bond donors (Lipinski definition) is 1. The minimum atomic E-state index is -3.19. The van der Waals surface area contributed by atoms with Crippen molar-refractivity contribution in [3.63, 3.8) is 0 Å². The molecule has 0 aromatic heterocycles. The Morgan fingerprint density at radius 1 is 1.22 bits per heavy atom. The van der Waals surface area contributed by atoms with Crippen molar-refractivity contribution in [2.75, 3.05) is 32.5 Å². The van der Waals surface area contributed by atoms with Gasteiger partial charge in [-0.15, -0.1) is 0 Å². The Kier molecular flexibility index (Phi) is 5.13. The van der Waals surface area contributed by atoms with Crippen molar-refractivity contribution in [2.45, 2.75) is 30.8 Å². The molecule has 1 aromatic rings. The first kappa shape index (κ1) is 17.4. The molecule has 23 heavy (non-hydrogen) atoms. The minimum Gasteiger partial charge on any atom is -0.395 e. The molecule has 2 heterocycles. The maximum absolute atomic E-state index is 12.0. The van der Waals surface area contributed by atoms with Gasteiger partial charge in [-0.2, -0.15) is 0 Å². The summed E-state index contributed by atoms with van der Waals surface area (Å²) in [6, 6.07) is 8.37. The van der Waals surface area contributed by atoms with Crippen LogP contribution in [0.3, 0.4) is 0 Å². The molecular formula is C16H23BrN2O3S. The van der Waals surface area contributed by atoms with E-state index in [4.69, 9.17) is 0 Å². The lowest BCUT2D eigenvalue weighted by molar-refractivity contribution is -0.0553. The van der Waals surface area contributed by atoms with Crippen molar-refractivity contribution in [1.29, 1.82) is 0 Å². The molecule has 2 saturated heterocycles. The lowest BCUT2D eigenvalue weighted by atomic mass is 9.74. The van der Waals surface area contributed by atoms with E-state index < -0.39 is 10.0 Å². The molecule has 1 N–H and O–H groups in total. The van der Waals surface area contributed by atoms with Crippen LogP contribution < -0.4 is 0 Å². The third-order valence-corrected chi connectivity index (χ3v) is 6.85. The molecule has 2 aliphatic rings. The Morgan fingerprint density at radius 2 is 1.87 bits per heavy atom. The SMILES string of the molecule is CS(=O)(=O)N1CCCCN2[C@@H](CO)[C@H](c3ccc(Br)cc3)[C@@H]2C1. The molecule has 0 spiro atoms. The van der Waals surface area contributed by atoms with Gasteiger partial charge < -0.3 is 5.11 Å². The lowest BCUT2D eigenvalue weighted by Gasteiger charge is -2.57. The Bertz CT molecular complexity index is 650. The summed E-state index contributed by atoms with van der Waals surface area (Å²) in [4.78, 5) is 2.28. The summed E-state index contributed by atoms with van der Waals surface area (Å²) in [5.41, 5.74) is 1.17. The third-order valence-electron chi connectivity index (χ3n) is 5.06. The molecule has 1 aromatic carbocycles. The Labute approximate surface area is 146 Å². The van der Waals surface area contributed by atoms with Crippen molar-refractivity contribution in [3.8, 4) is 0 Å². The highest BCUT2D eigenvalue weighted by molar-refractivity contribution is 9.10. The second kappa shape index (κ2) is 6.80. The van der Waals surface area contributed by atoms with Gasteiger partial charge in [0.25, 0.3) is 0 Å². The highest BCUT2D eigenvalue weighted by atomic mass is 79.9. The zero-order valence-corrected chi connectivity index (χ0v) is 15.6. The van der Waals surface area contributed by atoms with Crippen LogP contribution in [-0.4, -0.2) is 67.3 Å². The number of nitrogens with zero attached hydrogens (tertiary/aromatic N) is 2. The van der Waals surface area contributed by atoms with Crippen LogP contribution in [0.15, 0.2) is 28.7 Å². The van der Waals surface area contributed by atoms with Crippen LogP contribution in [0.5, 0.6) is 0 Å². The van der Waals surface area contributed by atoms with Gasteiger partial charge in [0.15, 0.2) is 0 Å². The predicted octanol–water partition coefficient (Wildman–Crippen LogP) is 1.63. The number of fused-ring (bicyclic) bond motifs is 1. The van der Waals surface area contributed by atoms with Crippen LogP contribution in [0.2, 0.25) is 0 Å². The molecule has 0 saturated carbocycles. The first-order valence-corrected chi connectivity index (χ1v) is 10.6. The summed E-state index contributed by atoms with van der Waals surface area (Å²) in [7, 11) is -3.19. The molecule has 0 bridgehead atoms. The van der Waals surface area contributed by atoms with Gasteiger partial charge in [-0.1, -0.05) is 28.1 Å².